The van der Waals surface area contributed by atoms with Crippen LogP contribution in [0.3, 0.4) is 0 Å². The number of rotatable bonds is 3. The molecule has 0 aromatic heterocycles. The third-order valence-corrected chi connectivity index (χ3v) is 1.17. The molecule has 9 heavy (non-hydrogen) atoms. The predicted octanol–water partition coefficient (Wildman–Crippen LogP) is -0.0288. The first-order chi connectivity index (χ1) is 4.09. The zero-order chi connectivity index (χ0) is 7.44. The van der Waals surface area contributed by atoms with Crippen molar-refractivity contribution in [1.82, 2.24) is 0 Å². The highest BCUT2D eigenvalue weighted by Crippen LogP contribution is 1.94. The van der Waals surface area contributed by atoms with Crippen LogP contribution in [0, 0.1) is 0 Å². The Morgan fingerprint density at radius 1 is 1.56 bits per heavy atom. The molecule has 54 valence electrons. The van der Waals surface area contributed by atoms with Gasteiger partial charge in [0.05, 0.1) is 0 Å². The normalized spacial score (nSPS) is 16.9. The fraction of sp³-hybridized carbons (Fsp3) is 0.833. The topological polar surface area (TPSA) is 46.5 Å². The van der Waals surface area contributed by atoms with Gasteiger partial charge in [-0.25, -0.2) is 0 Å². The summed E-state index contributed by atoms with van der Waals surface area (Å²) in [5, 5.41) is 8.69. The molecule has 0 aliphatic heterocycles. The highest BCUT2D eigenvalue weighted by Gasteiger charge is 2.16. The Balaban J connectivity index is 3.73. The molecule has 0 fully saturated rings. The largest absolute Gasteiger partial charge is 0.386 e. The number of Topliss-reactive ketones (excluding diaryl/α,β-unsaturated/α-hetero) is 1. The van der Waals surface area contributed by atoms with E-state index < -0.39 is 12.2 Å². The van der Waals surface area contributed by atoms with Crippen LogP contribution in [0.1, 0.15) is 13.8 Å². The van der Waals surface area contributed by atoms with Crippen molar-refractivity contribution in [1.29, 1.82) is 0 Å². The minimum absolute atomic E-state index is 0.280. The van der Waals surface area contributed by atoms with Crippen molar-refractivity contribution in [3.05, 3.63) is 0 Å². The molecule has 3 nitrogen and oxygen atoms in total. The van der Waals surface area contributed by atoms with E-state index >= 15 is 0 Å². The smallest absolute Gasteiger partial charge is 0.189 e. The molecule has 1 N–H and O–H groups in total. The Labute approximate surface area is 54.6 Å². The molecular weight excluding hydrogens is 120 g/mol. The van der Waals surface area contributed by atoms with Gasteiger partial charge in [-0.2, -0.15) is 0 Å². The molecule has 0 aliphatic rings. The number of carbonyl (C=O) groups excluding carboxylic acids is 1. The Bertz CT molecular complexity index is 98.5. The van der Waals surface area contributed by atoms with E-state index in [0.717, 1.165) is 0 Å². The molecule has 0 aromatic rings. The van der Waals surface area contributed by atoms with Crippen LogP contribution in [-0.4, -0.2) is 30.2 Å². The number of carbonyl (C=O) groups is 1. The number of aliphatic hydroxyl groups is 1. The van der Waals surface area contributed by atoms with Gasteiger partial charge in [0.15, 0.2) is 5.78 Å². The van der Waals surface area contributed by atoms with Crippen molar-refractivity contribution in [2.24, 2.45) is 0 Å². The van der Waals surface area contributed by atoms with Gasteiger partial charge in [0.1, 0.15) is 12.2 Å². The van der Waals surface area contributed by atoms with Crippen LogP contribution in [-0.2, 0) is 9.53 Å². The number of aliphatic hydroxyl groups excluding tert-OH is 1. The Morgan fingerprint density at radius 3 is 2.11 bits per heavy atom. The van der Waals surface area contributed by atoms with Crippen molar-refractivity contribution < 1.29 is 14.6 Å². The first-order valence-corrected chi connectivity index (χ1v) is 2.84. The highest BCUT2D eigenvalue weighted by atomic mass is 16.5. The van der Waals surface area contributed by atoms with Crippen LogP contribution >= 0.6 is 0 Å². The lowest BCUT2D eigenvalue weighted by molar-refractivity contribution is -0.135. The van der Waals surface area contributed by atoms with Gasteiger partial charge in [-0.3, -0.25) is 4.79 Å². The van der Waals surface area contributed by atoms with Crippen LogP contribution in [0.4, 0.5) is 0 Å². The maximum absolute atomic E-state index is 10.7. The highest BCUT2D eigenvalue weighted by molar-refractivity contribution is 5.86. The van der Waals surface area contributed by atoms with Crippen molar-refractivity contribution in [3.8, 4) is 0 Å². The summed E-state index contributed by atoms with van der Waals surface area (Å²) in [5.41, 5.74) is 0. The van der Waals surface area contributed by atoms with E-state index in [1.807, 2.05) is 0 Å². The maximum Gasteiger partial charge on any atom is 0.189 e. The average molecular weight is 132 g/mol. The summed E-state index contributed by atoms with van der Waals surface area (Å²) in [6, 6.07) is 0. The number of ether oxygens (including phenoxy) is 1. The van der Waals surface area contributed by atoms with Gasteiger partial charge in [0.2, 0.25) is 0 Å². The summed E-state index contributed by atoms with van der Waals surface area (Å²) in [7, 11) is 1.44. The fourth-order valence-electron chi connectivity index (χ4n) is 0.456. The van der Waals surface area contributed by atoms with E-state index in [1.165, 1.54) is 14.0 Å². The van der Waals surface area contributed by atoms with E-state index in [1.54, 1.807) is 6.92 Å². The lowest BCUT2D eigenvalue weighted by atomic mass is 10.2. The molecule has 2 unspecified atom stereocenters. The summed E-state index contributed by atoms with van der Waals surface area (Å²) in [6.07, 6.45) is -1.41. The molecule has 2 atom stereocenters. The molecule has 0 amide bonds. The minimum Gasteiger partial charge on any atom is -0.386 e. The van der Waals surface area contributed by atoms with Gasteiger partial charge < -0.3 is 9.84 Å². The lowest BCUT2D eigenvalue weighted by Crippen LogP contribution is -2.28. The van der Waals surface area contributed by atoms with Gasteiger partial charge >= 0.3 is 0 Å². The summed E-state index contributed by atoms with van der Waals surface area (Å²) in [5.74, 6) is -0.280. The van der Waals surface area contributed by atoms with Gasteiger partial charge in [-0.1, -0.05) is 0 Å². The van der Waals surface area contributed by atoms with Gasteiger partial charge in [0.25, 0.3) is 0 Å². The fourth-order valence-corrected chi connectivity index (χ4v) is 0.456. The second kappa shape index (κ2) is 3.58. The summed E-state index contributed by atoms with van der Waals surface area (Å²) in [4.78, 5) is 10.7. The standard InChI is InChI=1S/C6H12O3/c1-4(7)6(8)5(2)9-3/h4-5,7H,1-3H3. The molecule has 0 aliphatic carbocycles. The van der Waals surface area contributed by atoms with Gasteiger partial charge in [0, 0.05) is 7.11 Å². The van der Waals surface area contributed by atoms with Crippen LogP contribution in [0.15, 0.2) is 0 Å². The first kappa shape index (κ1) is 8.59. The molecule has 3 heteroatoms. The van der Waals surface area contributed by atoms with Crippen LogP contribution in [0.5, 0.6) is 0 Å². The van der Waals surface area contributed by atoms with Crippen molar-refractivity contribution in [2.75, 3.05) is 7.11 Å². The maximum atomic E-state index is 10.7. The van der Waals surface area contributed by atoms with Crippen LogP contribution < -0.4 is 0 Å². The van der Waals surface area contributed by atoms with Gasteiger partial charge in [-0.15, -0.1) is 0 Å². The summed E-state index contributed by atoms with van der Waals surface area (Å²) < 4.78 is 4.66. The van der Waals surface area contributed by atoms with Crippen LogP contribution in [0.2, 0.25) is 0 Å². The number of hydrogen-bond donors (Lipinski definition) is 1. The van der Waals surface area contributed by atoms with Crippen LogP contribution in [0.25, 0.3) is 0 Å². The molecule has 0 rings (SSSR count). The third-order valence-electron chi connectivity index (χ3n) is 1.17. The zero-order valence-electron chi connectivity index (χ0n) is 5.92. The molecular formula is C6H12O3. The Morgan fingerprint density at radius 2 is 2.00 bits per heavy atom. The van der Waals surface area contributed by atoms with Crippen molar-refractivity contribution in [3.63, 3.8) is 0 Å². The van der Waals surface area contributed by atoms with E-state index in [9.17, 15) is 4.79 Å². The quantitative estimate of drug-likeness (QED) is 0.586. The third kappa shape index (κ3) is 2.58. The second-order valence-electron chi connectivity index (χ2n) is 1.96. The van der Waals surface area contributed by atoms with Gasteiger partial charge in [-0.05, 0) is 13.8 Å². The zero-order valence-corrected chi connectivity index (χ0v) is 5.92. The Hall–Kier alpha value is -0.410. The van der Waals surface area contributed by atoms with Crippen molar-refractivity contribution >= 4 is 5.78 Å². The van der Waals surface area contributed by atoms with E-state index in [-0.39, 0.29) is 5.78 Å². The second-order valence-corrected chi connectivity index (χ2v) is 1.96. The molecule has 0 aromatic carbocycles. The molecule has 0 radical (unpaired) electrons. The number of hydrogen-bond acceptors (Lipinski definition) is 3. The predicted molar refractivity (Wildman–Crippen MR) is 33.2 cm³/mol. The van der Waals surface area contributed by atoms with Crippen molar-refractivity contribution in [2.45, 2.75) is 26.1 Å². The minimum atomic E-state index is -0.917. The number of methoxy groups -OCH3 is 1. The lowest BCUT2D eigenvalue weighted by Gasteiger charge is -2.08. The summed E-state index contributed by atoms with van der Waals surface area (Å²) >= 11 is 0. The SMILES string of the molecule is COC(C)C(=O)C(C)O. The molecule has 0 saturated carbocycles. The van der Waals surface area contributed by atoms with E-state index in [0.29, 0.717) is 0 Å². The van der Waals surface area contributed by atoms with E-state index in [4.69, 9.17) is 5.11 Å². The Kier molecular flexibility index (Phi) is 3.42. The first-order valence-electron chi connectivity index (χ1n) is 2.84. The monoisotopic (exact) mass is 132 g/mol. The van der Waals surface area contributed by atoms with E-state index in [2.05, 4.69) is 4.74 Å². The molecule has 0 bridgehead atoms. The molecule has 0 saturated heterocycles. The molecule has 0 heterocycles. The number of ketones is 1. The summed E-state index contributed by atoms with van der Waals surface area (Å²) in [6.45, 7) is 3.03. The average Bonchev–Trinajstić information content (AvgIpc) is 1.84. The molecule has 0 spiro atoms.